The fourth-order valence-corrected chi connectivity index (χ4v) is 1.58. The van der Waals surface area contributed by atoms with Crippen molar-refractivity contribution in [3.05, 3.63) is 58.2 Å². The van der Waals surface area contributed by atoms with Crippen LogP contribution < -0.4 is 0 Å². The molecule has 0 fully saturated rings. The second kappa shape index (κ2) is 5.03. The first-order chi connectivity index (χ1) is 9.02. The highest BCUT2D eigenvalue weighted by Crippen LogP contribution is 2.31. The molecule has 2 rings (SSSR count). The number of rotatable bonds is 3. The summed E-state index contributed by atoms with van der Waals surface area (Å²) in [6, 6.07) is 8.83. The van der Waals surface area contributed by atoms with E-state index in [1.807, 2.05) is 0 Å². The van der Waals surface area contributed by atoms with Crippen LogP contribution in [0.1, 0.15) is 11.4 Å². The number of alkyl halides is 3. The monoisotopic (exact) mass is 267 g/mol. The zero-order valence-electron chi connectivity index (χ0n) is 9.54. The first-order valence-electron chi connectivity index (χ1n) is 5.25. The quantitative estimate of drug-likeness (QED) is 0.475. The number of hydrogen-bond acceptors (Lipinski definition) is 2. The molecule has 0 aliphatic carbocycles. The maximum absolute atomic E-state index is 12.9. The molecule has 0 amide bonds. The van der Waals surface area contributed by atoms with E-state index in [9.17, 15) is 13.2 Å². The molecule has 0 saturated heterocycles. The van der Waals surface area contributed by atoms with Gasteiger partial charge in [-0.1, -0.05) is 23.3 Å². The number of halogens is 3. The molecular formula is C11H8F3N5. The van der Waals surface area contributed by atoms with E-state index < -0.39 is 11.9 Å². The zero-order valence-corrected chi connectivity index (χ0v) is 9.54. The summed E-state index contributed by atoms with van der Waals surface area (Å²) in [5, 5.41) is 7.03. The SMILES string of the molecule is [N-]=[N+]=NCc1cc(C(F)(F)F)n(-c2ccccc2)n1. The van der Waals surface area contributed by atoms with Crippen LogP contribution in [0.25, 0.3) is 16.1 Å². The molecule has 0 aliphatic rings. The van der Waals surface area contributed by atoms with Gasteiger partial charge in [-0.25, -0.2) is 4.68 Å². The zero-order chi connectivity index (χ0) is 13.9. The van der Waals surface area contributed by atoms with Gasteiger partial charge in [-0.2, -0.15) is 18.3 Å². The van der Waals surface area contributed by atoms with Crippen molar-refractivity contribution in [3.8, 4) is 5.69 Å². The molecule has 1 heterocycles. The summed E-state index contributed by atoms with van der Waals surface area (Å²) in [7, 11) is 0. The minimum absolute atomic E-state index is 0.0639. The van der Waals surface area contributed by atoms with Crippen molar-refractivity contribution in [2.45, 2.75) is 12.7 Å². The fraction of sp³-hybridized carbons (Fsp3) is 0.182. The molecule has 0 atom stereocenters. The van der Waals surface area contributed by atoms with Crippen LogP contribution in [0, 0.1) is 0 Å². The Hall–Kier alpha value is -2.47. The first kappa shape index (κ1) is 13.0. The molecule has 1 aromatic heterocycles. The van der Waals surface area contributed by atoms with Crippen molar-refractivity contribution in [1.29, 1.82) is 0 Å². The molecule has 98 valence electrons. The van der Waals surface area contributed by atoms with Crippen LogP contribution >= 0.6 is 0 Å². The van der Waals surface area contributed by atoms with E-state index in [0.717, 1.165) is 10.7 Å². The molecule has 0 saturated carbocycles. The topological polar surface area (TPSA) is 66.6 Å². The van der Waals surface area contributed by atoms with Crippen LogP contribution in [-0.4, -0.2) is 9.78 Å². The molecule has 0 radical (unpaired) electrons. The highest BCUT2D eigenvalue weighted by Gasteiger charge is 2.36. The molecule has 0 unspecified atom stereocenters. The van der Waals surface area contributed by atoms with E-state index in [1.54, 1.807) is 18.2 Å². The predicted octanol–water partition coefficient (Wildman–Crippen LogP) is 3.70. The average Bonchev–Trinajstić information content (AvgIpc) is 2.81. The molecule has 5 nitrogen and oxygen atoms in total. The first-order valence-corrected chi connectivity index (χ1v) is 5.25. The smallest absolute Gasteiger partial charge is 0.228 e. The Morgan fingerprint density at radius 3 is 2.53 bits per heavy atom. The maximum atomic E-state index is 12.9. The third kappa shape index (κ3) is 2.86. The van der Waals surface area contributed by atoms with E-state index in [1.165, 1.54) is 12.1 Å². The van der Waals surface area contributed by atoms with Gasteiger partial charge in [-0.05, 0) is 23.7 Å². The van der Waals surface area contributed by atoms with E-state index in [4.69, 9.17) is 5.53 Å². The summed E-state index contributed by atoms with van der Waals surface area (Å²) in [5.74, 6) is 0. The van der Waals surface area contributed by atoms with Crippen LogP contribution in [0.3, 0.4) is 0 Å². The normalized spacial score (nSPS) is 11.1. The number of nitrogens with zero attached hydrogens (tertiary/aromatic N) is 5. The summed E-state index contributed by atoms with van der Waals surface area (Å²) >= 11 is 0. The standard InChI is InChI=1S/C11H8F3N5/c12-11(13,14)10-6-8(7-16-18-15)17-19(10)9-4-2-1-3-5-9/h1-6H,7H2. The number of hydrogen-bond donors (Lipinski definition) is 0. The lowest BCUT2D eigenvalue weighted by molar-refractivity contribution is -0.142. The molecule has 0 N–H and O–H groups in total. The molecule has 2 aromatic rings. The summed E-state index contributed by atoms with van der Waals surface area (Å²) in [4.78, 5) is 2.50. The van der Waals surface area contributed by atoms with Gasteiger partial charge < -0.3 is 0 Å². The van der Waals surface area contributed by atoms with Gasteiger partial charge in [0.25, 0.3) is 0 Å². The lowest BCUT2D eigenvalue weighted by atomic mass is 10.3. The van der Waals surface area contributed by atoms with Crippen molar-refractivity contribution < 1.29 is 13.2 Å². The van der Waals surface area contributed by atoms with Gasteiger partial charge in [0.1, 0.15) is 5.69 Å². The molecule has 0 aliphatic heterocycles. The Morgan fingerprint density at radius 2 is 1.95 bits per heavy atom. The molecule has 0 bridgehead atoms. The second-order valence-corrected chi connectivity index (χ2v) is 3.66. The number of benzene rings is 1. The molecule has 1 aromatic carbocycles. The summed E-state index contributed by atoms with van der Waals surface area (Å²) in [6.45, 7) is -0.223. The van der Waals surface area contributed by atoms with Gasteiger partial charge in [-0.3, -0.25) is 0 Å². The van der Waals surface area contributed by atoms with E-state index in [0.29, 0.717) is 5.69 Å². The summed E-state index contributed by atoms with van der Waals surface area (Å²) < 4.78 is 39.5. The van der Waals surface area contributed by atoms with Gasteiger partial charge in [0.2, 0.25) is 0 Å². The van der Waals surface area contributed by atoms with Crippen LogP contribution in [0.2, 0.25) is 0 Å². The maximum Gasteiger partial charge on any atom is 0.433 e. The van der Waals surface area contributed by atoms with Crippen LogP contribution in [0.15, 0.2) is 41.5 Å². The predicted molar refractivity (Wildman–Crippen MR) is 61.4 cm³/mol. The second-order valence-electron chi connectivity index (χ2n) is 3.66. The Balaban J connectivity index is 2.52. The number of aromatic nitrogens is 2. The van der Waals surface area contributed by atoms with Gasteiger partial charge in [0.05, 0.1) is 17.9 Å². The van der Waals surface area contributed by atoms with E-state index in [-0.39, 0.29) is 12.2 Å². The van der Waals surface area contributed by atoms with Crippen molar-refractivity contribution in [3.63, 3.8) is 0 Å². The van der Waals surface area contributed by atoms with Crippen LogP contribution in [0.5, 0.6) is 0 Å². The van der Waals surface area contributed by atoms with Crippen molar-refractivity contribution >= 4 is 0 Å². The largest absolute Gasteiger partial charge is 0.433 e. The minimum atomic E-state index is -4.53. The van der Waals surface area contributed by atoms with Gasteiger partial charge in [0, 0.05) is 4.91 Å². The highest BCUT2D eigenvalue weighted by molar-refractivity contribution is 5.34. The third-order valence-electron chi connectivity index (χ3n) is 2.35. The van der Waals surface area contributed by atoms with Gasteiger partial charge in [0.15, 0.2) is 0 Å². The minimum Gasteiger partial charge on any atom is -0.228 e. The van der Waals surface area contributed by atoms with Crippen LogP contribution in [-0.2, 0) is 12.7 Å². The molecule has 8 heteroatoms. The average molecular weight is 267 g/mol. The van der Waals surface area contributed by atoms with Crippen LogP contribution in [0.4, 0.5) is 13.2 Å². The van der Waals surface area contributed by atoms with Crippen molar-refractivity contribution in [2.24, 2.45) is 5.11 Å². The summed E-state index contributed by atoms with van der Waals surface area (Å²) in [6.07, 6.45) is -4.53. The lowest BCUT2D eigenvalue weighted by Gasteiger charge is -2.09. The Kier molecular flexibility index (Phi) is 3.43. The van der Waals surface area contributed by atoms with Crippen molar-refractivity contribution in [1.82, 2.24) is 9.78 Å². The van der Waals surface area contributed by atoms with E-state index in [2.05, 4.69) is 15.1 Å². The number of para-hydroxylation sites is 1. The molecular weight excluding hydrogens is 259 g/mol. The Bertz CT molecular complexity index is 611. The Morgan fingerprint density at radius 1 is 1.26 bits per heavy atom. The highest BCUT2D eigenvalue weighted by atomic mass is 19.4. The van der Waals surface area contributed by atoms with Crippen molar-refractivity contribution in [2.75, 3.05) is 0 Å². The number of azide groups is 1. The fourth-order valence-electron chi connectivity index (χ4n) is 1.58. The lowest BCUT2D eigenvalue weighted by Crippen LogP contribution is -2.13. The van der Waals surface area contributed by atoms with E-state index >= 15 is 0 Å². The van der Waals surface area contributed by atoms with Gasteiger partial charge in [-0.15, -0.1) is 0 Å². The summed E-state index contributed by atoms with van der Waals surface area (Å²) in [5.41, 5.74) is 7.64. The molecule has 19 heavy (non-hydrogen) atoms. The third-order valence-corrected chi connectivity index (χ3v) is 2.35. The molecule has 0 spiro atoms. The Labute approximate surface area is 105 Å². The van der Waals surface area contributed by atoms with Gasteiger partial charge >= 0.3 is 6.18 Å².